The van der Waals surface area contributed by atoms with Crippen LogP contribution in [-0.2, 0) is 22.6 Å². The highest BCUT2D eigenvalue weighted by atomic mass is 19.1. The number of nitrogens with one attached hydrogen (secondary N) is 1. The van der Waals surface area contributed by atoms with Crippen LogP contribution in [0.25, 0.3) is 0 Å². The van der Waals surface area contributed by atoms with Crippen molar-refractivity contribution in [2.45, 2.75) is 39.8 Å². The second-order valence-corrected chi connectivity index (χ2v) is 6.38. The van der Waals surface area contributed by atoms with Crippen molar-refractivity contribution in [2.24, 2.45) is 0 Å². The number of hydrogen-bond donors (Lipinski definition) is 1. The Balaban J connectivity index is 2.20. The van der Waals surface area contributed by atoms with Crippen LogP contribution in [0.15, 0.2) is 48.5 Å². The van der Waals surface area contributed by atoms with Crippen LogP contribution in [0.3, 0.4) is 0 Å². The summed E-state index contributed by atoms with van der Waals surface area (Å²) in [5.74, 6) is -0.698. The van der Waals surface area contributed by atoms with Gasteiger partial charge in [-0.15, -0.1) is 0 Å². The Bertz CT molecular complexity index is 742. The fourth-order valence-corrected chi connectivity index (χ4v) is 2.67. The van der Waals surface area contributed by atoms with Gasteiger partial charge >= 0.3 is 0 Å². The van der Waals surface area contributed by atoms with Crippen molar-refractivity contribution in [1.29, 1.82) is 0 Å². The van der Waals surface area contributed by atoms with E-state index in [1.165, 1.54) is 12.1 Å². The third kappa shape index (κ3) is 5.41. The van der Waals surface area contributed by atoms with Crippen LogP contribution in [0.1, 0.15) is 30.5 Å². The van der Waals surface area contributed by atoms with Crippen LogP contribution in [-0.4, -0.2) is 29.3 Å². The van der Waals surface area contributed by atoms with E-state index < -0.39 is 6.04 Å². The minimum absolute atomic E-state index is 0.121. The molecule has 0 aromatic heterocycles. The van der Waals surface area contributed by atoms with Gasteiger partial charge in [0.25, 0.3) is 0 Å². The molecule has 0 aliphatic heterocycles. The Labute approximate surface area is 154 Å². The summed E-state index contributed by atoms with van der Waals surface area (Å²) >= 11 is 0. The fraction of sp³-hybridized carbons (Fsp3) is 0.333. The first-order chi connectivity index (χ1) is 12.4. The zero-order chi connectivity index (χ0) is 19.1. The quantitative estimate of drug-likeness (QED) is 0.828. The second kappa shape index (κ2) is 9.13. The summed E-state index contributed by atoms with van der Waals surface area (Å²) in [5, 5.41) is 2.76. The van der Waals surface area contributed by atoms with Gasteiger partial charge in [-0.25, -0.2) is 4.39 Å². The lowest BCUT2D eigenvalue weighted by molar-refractivity contribution is -0.140. The highest BCUT2D eigenvalue weighted by Gasteiger charge is 2.25. The Hall–Kier alpha value is -2.69. The van der Waals surface area contributed by atoms with Gasteiger partial charge in [0.2, 0.25) is 11.8 Å². The maximum Gasteiger partial charge on any atom is 0.242 e. The third-order valence-electron chi connectivity index (χ3n) is 4.26. The topological polar surface area (TPSA) is 49.4 Å². The van der Waals surface area contributed by atoms with Crippen LogP contribution in [0.5, 0.6) is 0 Å². The van der Waals surface area contributed by atoms with Crippen molar-refractivity contribution in [3.8, 4) is 0 Å². The second-order valence-electron chi connectivity index (χ2n) is 6.38. The lowest BCUT2D eigenvalue weighted by Crippen LogP contribution is -2.48. The molecular weight excluding hydrogens is 331 g/mol. The Morgan fingerprint density at radius 3 is 2.19 bits per heavy atom. The number of hydrogen-bond acceptors (Lipinski definition) is 2. The normalized spacial score (nSPS) is 11.7. The average Bonchev–Trinajstić information content (AvgIpc) is 2.62. The van der Waals surface area contributed by atoms with Gasteiger partial charge in [-0.2, -0.15) is 0 Å². The van der Waals surface area contributed by atoms with E-state index in [2.05, 4.69) is 5.32 Å². The first-order valence-corrected chi connectivity index (χ1v) is 8.78. The molecule has 2 amide bonds. The highest BCUT2D eigenvalue weighted by Crippen LogP contribution is 2.13. The van der Waals surface area contributed by atoms with Gasteiger partial charge in [0.05, 0.1) is 6.42 Å². The molecule has 4 nitrogen and oxygen atoms in total. The number of rotatable bonds is 7. The molecule has 0 aliphatic rings. The average molecular weight is 356 g/mol. The van der Waals surface area contributed by atoms with E-state index in [9.17, 15) is 14.0 Å². The summed E-state index contributed by atoms with van der Waals surface area (Å²) in [5.41, 5.74) is 2.81. The predicted octanol–water partition coefficient (Wildman–Crippen LogP) is 3.23. The van der Waals surface area contributed by atoms with Crippen LogP contribution >= 0.6 is 0 Å². The molecule has 1 atom stereocenters. The summed E-state index contributed by atoms with van der Waals surface area (Å²) in [4.78, 5) is 26.7. The monoisotopic (exact) mass is 356 g/mol. The summed E-state index contributed by atoms with van der Waals surface area (Å²) in [6.07, 6.45) is 0.121. The molecule has 0 radical (unpaired) electrons. The van der Waals surface area contributed by atoms with Crippen LogP contribution in [0, 0.1) is 12.7 Å². The summed E-state index contributed by atoms with van der Waals surface area (Å²) < 4.78 is 13.1. The molecule has 0 heterocycles. The zero-order valence-electron chi connectivity index (χ0n) is 15.5. The standard InChI is InChI=1S/C21H25FN2O2/c1-4-23-21(26)16(3)24(14-18-7-5-15(2)6-8-18)20(25)13-17-9-11-19(22)12-10-17/h5-12,16H,4,13-14H2,1-3H3,(H,23,26)/t16-/m0/s1. The smallest absolute Gasteiger partial charge is 0.242 e. The first kappa shape index (κ1) is 19.6. The van der Waals surface area contributed by atoms with Crippen molar-refractivity contribution in [1.82, 2.24) is 10.2 Å². The van der Waals surface area contributed by atoms with Gasteiger partial charge in [0.15, 0.2) is 0 Å². The molecule has 0 saturated carbocycles. The molecule has 0 fully saturated rings. The fourth-order valence-electron chi connectivity index (χ4n) is 2.67. The van der Waals surface area contributed by atoms with Gasteiger partial charge in [-0.1, -0.05) is 42.0 Å². The van der Waals surface area contributed by atoms with E-state index in [0.717, 1.165) is 11.1 Å². The van der Waals surface area contributed by atoms with E-state index in [1.807, 2.05) is 38.1 Å². The Morgan fingerprint density at radius 1 is 1.04 bits per heavy atom. The summed E-state index contributed by atoms with van der Waals surface area (Å²) in [6.45, 7) is 6.42. The molecule has 0 aliphatic carbocycles. The Kier molecular flexibility index (Phi) is 6.89. The minimum atomic E-state index is -0.593. The van der Waals surface area contributed by atoms with Crippen molar-refractivity contribution >= 4 is 11.8 Å². The van der Waals surface area contributed by atoms with E-state index in [0.29, 0.717) is 18.7 Å². The summed E-state index contributed by atoms with van der Waals surface area (Å²) in [6, 6.07) is 13.1. The number of nitrogens with zero attached hydrogens (tertiary/aromatic N) is 1. The Morgan fingerprint density at radius 2 is 1.62 bits per heavy atom. The number of benzene rings is 2. The highest BCUT2D eigenvalue weighted by molar-refractivity contribution is 5.88. The maximum atomic E-state index is 13.1. The number of carbonyl (C=O) groups is 2. The molecule has 0 saturated heterocycles. The van der Waals surface area contributed by atoms with Gasteiger partial charge in [-0.3, -0.25) is 9.59 Å². The summed E-state index contributed by atoms with van der Waals surface area (Å²) in [7, 11) is 0. The predicted molar refractivity (Wildman–Crippen MR) is 100.0 cm³/mol. The lowest BCUT2D eigenvalue weighted by atomic mass is 10.1. The number of aryl methyl sites for hydroxylation is 1. The molecule has 5 heteroatoms. The van der Waals surface area contributed by atoms with Crippen LogP contribution < -0.4 is 5.32 Å². The van der Waals surface area contributed by atoms with E-state index in [-0.39, 0.29) is 24.1 Å². The van der Waals surface area contributed by atoms with E-state index >= 15 is 0 Å². The molecule has 2 rings (SSSR count). The van der Waals surface area contributed by atoms with Gasteiger partial charge in [0, 0.05) is 13.1 Å². The first-order valence-electron chi connectivity index (χ1n) is 8.78. The molecule has 0 spiro atoms. The number of likely N-dealkylation sites (N-methyl/N-ethyl adjacent to an activating group) is 1. The van der Waals surface area contributed by atoms with Gasteiger partial charge < -0.3 is 10.2 Å². The van der Waals surface area contributed by atoms with Crippen molar-refractivity contribution in [2.75, 3.05) is 6.54 Å². The molecule has 26 heavy (non-hydrogen) atoms. The SMILES string of the molecule is CCNC(=O)[C@H](C)N(Cc1ccc(C)cc1)C(=O)Cc1ccc(F)cc1. The van der Waals surface area contributed by atoms with E-state index in [1.54, 1.807) is 24.0 Å². The molecular formula is C21H25FN2O2. The van der Waals surface area contributed by atoms with Crippen molar-refractivity contribution in [3.63, 3.8) is 0 Å². The van der Waals surface area contributed by atoms with Crippen molar-refractivity contribution < 1.29 is 14.0 Å². The molecule has 1 N–H and O–H groups in total. The molecule has 2 aromatic carbocycles. The molecule has 2 aromatic rings. The minimum Gasteiger partial charge on any atom is -0.355 e. The molecule has 0 bridgehead atoms. The molecule has 138 valence electrons. The van der Waals surface area contributed by atoms with Gasteiger partial charge in [0.1, 0.15) is 11.9 Å². The number of amides is 2. The van der Waals surface area contributed by atoms with Crippen LogP contribution in [0.2, 0.25) is 0 Å². The third-order valence-corrected chi connectivity index (χ3v) is 4.26. The maximum absolute atomic E-state index is 13.1. The number of carbonyl (C=O) groups excluding carboxylic acids is 2. The number of halogens is 1. The van der Waals surface area contributed by atoms with Gasteiger partial charge in [-0.05, 0) is 44.0 Å². The largest absolute Gasteiger partial charge is 0.355 e. The lowest BCUT2D eigenvalue weighted by Gasteiger charge is -2.29. The zero-order valence-corrected chi connectivity index (χ0v) is 15.5. The van der Waals surface area contributed by atoms with E-state index in [4.69, 9.17) is 0 Å². The molecule has 0 unspecified atom stereocenters. The van der Waals surface area contributed by atoms with Crippen molar-refractivity contribution in [3.05, 3.63) is 71.0 Å². The van der Waals surface area contributed by atoms with Crippen LogP contribution in [0.4, 0.5) is 4.39 Å².